The second-order valence-corrected chi connectivity index (χ2v) is 11.1. The molecule has 1 aliphatic heterocycles. The number of fused-ring (bicyclic) bond motifs is 3. The Hall–Kier alpha value is -2.88. The maximum Gasteiger partial charge on any atom is 0.229 e. The minimum atomic E-state index is -0.298. The van der Waals surface area contributed by atoms with Gasteiger partial charge in [0.05, 0.1) is 38.1 Å². The highest BCUT2D eigenvalue weighted by Crippen LogP contribution is 2.45. The summed E-state index contributed by atoms with van der Waals surface area (Å²) in [5.74, 6) is 1.55. The number of methoxy groups -OCH3 is 1. The number of allylic oxidation sites excluding steroid dienone is 1. The molecule has 2 heterocycles. The van der Waals surface area contributed by atoms with E-state index in [0.717, 1.165) is 69.8 Å². The van der Waals surface area contributed by atoms with Gasteiger partial charge in [-0.3, -0.25) is 9.69 Å². The predicted octanol–water partition coefficient (Wildman–Crippen LogP) is 3.55. The highest BCUT2D eigenvalue weighted by atomic mass is 35.5. The number of aryl methyl sites for hydroxylation is 1. The molecule has 6 rings (SSSR count). The molecule has 0 radical (unpaired) electrons. The number of rotatable bonds is 7. The van der Waals surface area contributed by atoms with Gasteiger partial charge >= 0.3 is 0 Å². The number of hydrogen-bond acceptors (Lipinski definition) is 8. The molecule has 9 nitrogen and oxygen atoms in total. The Balaban J connectivity index is 1.21. The average molecular weight is 539 g/mol. The number of nitrogens with zero attached hydrogens (tertiary/aromatic N) is 3. The van der Waals surface area contributed by atoms with E-state index >= 15 is 0 Å². The molecule has 4 aliphatic rings. The number of ether oxygens (including phenoxy) is 2. The molecule has 0 spiro atoms. The molecule has 1 amide bonds. The molecule has 202 valence electrons. The normalized spacial score (nSPS) is 28.5. The number of primary amides is 1. The maximum absolute atomic E-state index is 12.2. The van der Waals surface area contributed by atoms with Crippen LogP contribution < -0.4 is 21.1 Å². The largest absolute Gasteiger partial charge is 0.494 e. The third-order valence-electron chi connectivity index (χ3n) is 8.68. The monoisotopic (exact) mass is 538 g/mol. The summed E-state index contributed by atoms with van der Waals surface area (Å²) < 4.78 is 11.5. The van der Waals surface area contributed by atoms with E-state index in [-0.39, 0.29) is 29.7 Å². The average Bonchev–Trinajstić information content (AvgIpc) is 3.46. The number of aromatic nitrogens is 2. The Morgan fingerprint density at radius 2 is 1.97 bits per heavy atom. The predicted molar refractivity (Wildman–Crippen MR) is 147 cm³/mol. The van der Waals surface area contributed by atoms with Gasteiger partial charge in [-0.25, -0.2) is 4.98 Å². The zero-order chi connectivity index (χ0) is 26.2. The minimum absolute atomic E-state index is 0.135. The van der Waals surface area contributed by atoms with Gasteiger partial charge in [-0.2, -0.15) is 4.98 Å². The Kier molecular flexibility index (Phi) is 7.16. The number of nitrogens with two attached hydrogens (primary N) is 1. The van der Waals surface area contributed by atoms with E-state index in [1.54, 1.807) is 13.3 Å². The molecule has 2 aromatic rings. The summed E-state index contributed by atoms with van der Waals surface area (Å²) >= 11 is 6.47. The lowest BCUT2D eigenvalue weighted by atomic mass is 9.88. The first-order chi connectivity index (χ1) is 18.5. The second-order valence-electron chi connectivity index (χ2n) is 10.7. The number of carbonyl (C=O) groups excluding carboxylic acids is 1. The molecule has 2 bridgehead atoms. The van der Waals surface area contributed by atoms with Crippen LogP contribution in [0.15, 0.2) is 30.5 Å². The van der Waals surface area contributed by atoms with Crippen LogP contribution in [0.1, 0.15) is 30.4 Å². The van der Waals surface area contributed by atoms with Crippen LogP contribution in [0.4, 0.5) is 17.5 Å². The van der Waals surface area contributed by atoms with Gasteiger partial charge in [-0.15, -0.1) is 0 Å². The third-order valence-corrected chi connectivity index (χ3v) is 8.96. The summed E-state index contributed by atoms with van der Waals surface area (Å²) in [6.45, 7) is 3.66. The number of anilines is 3. The van der Waals surface area contributed by atoms with Crippen LogP contribution in [0.25, 0.3) is 0 Å². The van der Waals surface area contributed by atoms with E-state index in [1.165, 1.54) is 11.1 Å². The van der Waals surface area contributed by atoms with Crippen LogP contribution in [0.5, 0.6) is 5.75 Å². The smallest absolute Gasteiger partial charge is 0.229 e. The maximum atomic E-state index is 12.2. The molecule has 0 unspecified atom stereocenters. The Morgan fingerprint density at radius 1 is 1.18 bits per heavy atom. The lowest BCUT2D eigenvalue weighted by molar-refractivity contribution is -0.122. The second kappa shape index (κ2) is 10.7. The molecule has 5 atom stereocenters. The van der Waals surface area contributed by atoms with Crippen molar-refractivity contribution in [3.8, 4) is 5.75 Å². The fourth-order valence-electron chi connectivity index (χ4n) is 6.81. The van der Waals surface area contributed by atoms with Crippen molar-refractivity contribution in [1.29, 1.82) is 0 Å². The van der Waals surface area contributed by atoms with Crippen LogP contribution in [-0.4, -0.2) is 66.3 Å². The molecule has 1 aromatic heterocycles. The molecule has 1 saturated heterocycles. The first kappa shape index (κ1) is 25.4. The van der Waals surface area contributed by atoms with Gasteiger partial charge in [0.25, 0.3) is 0 Å². The first-order valence-electron chi connectivity index (χ1n) is 13.6. The van der Waals surface area contributed by atoms with Crippen molar-refractivity contribution in [2.75, 3.05) is 44.0 Å². The topological polar surface area (TPSA) is 115 Å². The lowest BCUT2D eigenvalue weighted by Gasteiger charge is -2.34. The van der Waals surface area contributed by atoms with Gasteiger partial charge < -0.3 is 25.8 Å². The molecular weight excluding hydrogens is 504 g/mol. The van der Waals surface area contributed by atoms with Crippen molar-refractivity contribution >= 4 is 35.0 Å². The first-order valence-corrected chi connectivity index (χ1v) is 13.9. The van der Waals surface area contributed by atoms with Crippen molar-refractivity contribution in [2.24, 2.45) is 23.5 Å². The summed E-state index contributed by atoms with van der Waals surface area (Å²) in [4.78, 5) is 23.8. The number of halogens is 1. The van der Waals surface area contributed by atoms with E-state index in [1.807, 2.05) is 6.07 Å². The molecular formula is C28H35ClN6O3. The molecule has 1 saturated carbocycles. The van der Waals surface area contributed by atoms with Gasteiger partial charge in [0.1, 0.15) is 10.8 Å². The zero-order valence-corrected chi connectivity index (χ0v) is 22.4. The standard InChI is InChI=1S/C28H35ClN6O3/c1-37-25-20-8-7-19(35-10-12-38-13-11-35)6-4-16(20)5-9-22(25)32-28-31-15-21(29)27(34-28)33-24-18-3-2-17(14-18)23(24)26(30)36/h2-3,5,9,15,17-19,23-24H,4,6-8,10-14H2,1H3,(H2,30,36)(H2,31,32,33,34)/t17-,18+,19+,23+,24-/m0/s1. The van der Waals surface area contributed by atoms with E-state index in [4.69, 9.17) is 26.8 Å². The number of amides is 1. The van der Waals surface area contributed by atoms with Gasteiger partial charge in [0, 0.05) is 25.2 Å². The van der Waals surface area contributed by atoms with E-state index in [9.17, 15) is 4.79 Å². The number of hydrogen-bond donors (Lipinski definition) is 3. The lowest BCUT2D eigenvalue weighted by Crippen LogP contribution is -2.43. The summed E-state index contributed by atoms with van der Waals surface area (Å²) in [5, 5.41) is 7.15. The summed E-state index contributed by atoms with van der Waals surface area (Å²) in [6.07, 6.45) is 11.0. The molecule has 38 heavy (non-hydrogen) atoms. The molecule has 1 aromatic carbocycles. The molecule has 3 aliphatic carbocycles. The van der Waals surface area contributed by atoms with Gasteiger partial charge in [0.2, 0.25) is 11.9 Å². The van der Waals surface area contributed by atoms with Gasteiger partial charge in [-0.05, 0) is 61.1 Å². The Morgan fingerprint density at radius 3 is 2.76 bits per heavy atom. The molecule has 10 heteroatoms. The number of nitrogens with one attached hydrogen (secondary N) is 2. The Bertz CT molecular complexity index is 1230. The van der Waals surface area contributed by atoms with Crippen molar-refractivity contribution in [1.82, 2.24) is 14.9 Å². The fourth-order valence-corrected chi connectivity index (χ4v) is 6.95. The van der Waals surface area contributed by atoms with Crippen LogP contribution in [-0.2, 0) is 22.4 Å². The quantitative estimate of drug-likeness (QED) is 0.362. The van der Waals surface area contributed by atoms with E-state index in [2.05, 4.69) is 43.7 Å². The number of carbonyl (C=O) groups is 1. The summed E-state index contributed by atoms with van der Waals surface area (Å²) in [5.41, 5.74) is 9.14. The van der Waals surface area contributed by atoms with Crippen molar-refractivity contribution in [3.63, 3.8) is 0 Å². The highest BCUT2D eigenvalue weighted by molar-refractivity contribution is 6.32. The van der Waals surface area contributed by atoms with Gasteiger partial charge in [-0.1, -0.05) is 29.8 Å². The summed E-state index contributed by atoms with van der Waals surface area (Å²) in [6, 6.07) is 4.66. The fraction of sp³-hybridized carbons (Fsp3) is 0.536. The van der Waals surface area contributed by atoms with E-state index in [0.29, 0.717) is 22.8 Å². The molecule has 2 fully saturated rings. The number of morpholine rings is 1. The highest BCUT2D eigenvalue weighted by Gasteiger charge is 2.47. The van der Waals surface area contributed by atoms with Crippen molar-refractivity contribution < 1.29 is 14.3 Å². The zero-order valence-electron chi connectivity index (χ0n) is 21.7. The SMILES string of the molecule is COc1c(Nc2ncc(Cl)c(N[C@@H]3[C@H](C(N)=O)[C@H]4C=C[C@@H]3C4)n2)ccc2c1CC[C@H](N1CCOCC1)CC2. The summed E-state index contributed by atoms with van der Waals surface area (Å²) in [7, 11) is 1.72. The molecule has 4 N–H and O–H groups in total. The van der Waals surface area contributed by atoms with Crippen LogP contribution in [0, 0.1) is 17.8 Å². The third kappa shape index (κ3) is 4.83. The van der Waals surface area contributed by atoms with Gasteiger partial charge in [0.15, 0.2) is 5.82 Å². The van der Waals surface area contributed by atoms with Crippen LogP contribution in [0.2, 0.25) is 5.02 Å². The Labute approximate surface area is 228 Å². The van der Waals surface area contributed by atoms with Crippen LogP contribution in [0.3, 0.4) is 0 Å². The van der Waals surface area contributed by atoms with Crippen LogP contribution >= 0.6 is 11.6 Å². The number of benzene rings is 1. The van der Waals surface area contributed by atoms with Crippen molar-refractivity contribution in [2.45, 2.75) is 44.2 Å². The minimum Gasteiger partial charge on any atom is -0.494 e. The van der Waals surface area contributed by atoms with E-state index < -0.39 is 0 Å². The van der Waals surface area contributed by atoms with Crippen molar-refractivity contribution in [3.05, 3.63) is 46.6 Å².